The van der Waals surface area contributed by atoms with Crippen molar-refractivity contribution < 1.29 is 13.2 Å². The Balaban J connectivity index is 2.40. The molecule has 0 atom stereocenters. The number of pyridine rings is 1. The summed E-state index contributed by atoms with van der Waals surface area (Å²) in [5, 5.41) is -0.207. The van der Waals surface area contributed by atoms with Crippen molar-refractivity contribution >= 4 is 21.4 Å². The van der Waals surface area contributed by atoms with Crippen molar-refractivity contribution in [2.45, 2.75) is 5.03 Å². The Labute approximate surface area is 111 Å². The Hall–Kier alpha value is -2.28. The molecule has 0 saturated carbocycles. The van der Waals surface area contributed by atoms with Crippen LogP contribution in [0.5, 0.6) is 5.75 Å². The lowest BCUT2D eigenvalue weighted by molar-refractivity contribution is 0.417. The minimum absolute atomic E-state index is 0.0879. The number of methoxy groups -OCH3 is 1. The maximum Gasteiger partial charge on any atom is 0.281 e. The Morgan fingerprint density at radius 3 is 2.63 bits per heavy atom. The number of hydrogen-bond donors (Lipinski definition) is 2. The highest BCUT2D eigenvalue weighted by molar-refractivity contribution is 7.92. The lowest BCUT2D eigenvalue weighted by atomic mass is 10.3. The fourth-order valence-corrected chi connectivity index (χ4v) is 2.68. The minimum Gasteiger partial charge on any atom is -0.495 e. The molecule has 1 heterocycles. The highest BCUT2D eigenvalue weighted by Gasteiger charge is 2.20. The summed E-state index contributed by atoms with van der Waals surface area (Å²) in [5.41, 5.74) is 6.03. The topological polar surface area (TPSA) is 94.3 Å². The average Bonchev–Trinajstić information content (AvgIpc) is 2.39. The smallest absolute Gasteiger partial charge is 0.281 e. The van der Waals surface area contributed by atoms with Crippen molar-refractivity contribution in [2.24, 2.45) is 0 Å². The zero-order valence-corrected chi connectivity index (χ0v) is 11.0. The van der Waals surface area contributed by atoms with E-state index in [9.17, 15) is 8.42 Å². The third kappa shape index (κ3) is 2.76. The van der Waals surface area contributed by atoms with Gasteiger partial charge in [-0.05, 0) is 24.3 Å². The maximum absolute atomic E-state index is 12.2. The fraction of sp³-hybridized carbons (Fsp3) is 0.0833. The van der Waals surface area contributed by atoms with Crippen molar-refractivity contribution in [1.29, 1.82) is 0 Å². The van der Waals surface area contributed by atoms with Crippen LogP contribution in [0.2, 0.25) is 0 Å². The number of aromatic nitrogens is 1. The molecule has 0 aliphatic carbocycles. The van der Waals surface area contributed by atoms with E-state index < -0.39 is 10.0 Å². The molecule has 7 heteroatoms. The zero-order valence-electron chi connectivity index (χ0n) is 10.2. The van der Waals surface area contributed by atoms with E-state index in [0.29, 0.717) is 11.4 Å². The van der Waals surface area contributed by atoms with E-state index in [4.69, 9.17) is 10.5 Å². The standard InChI is InChI=1S/C12H13N3O3S/c1-18-11-7-3-2-6-10(11)15-19(16,17)12-9(13)5-4-8-14-12/h2-8,15H,13H2,1H3. The largest absolute Gasteiger partial charge is 0.495 e. The van der Waals surface area contributed by atoms with Crippen LogP contribution in [0.15, 0.2) is 47.6 Å². The average molecular weight is 279 g/mol. The molecule has 19 heavy (non-hydrogen) atoms. The number of ether oxygens (including phenoxy) is 1. The SMILES string of the molecule is COc1ccccc1NS(=O)(=O)c1ncccc1N. The van der Waals surface area contributed by atoms with Crippen LogP contribution >= 0.6 is 0 Å². The van der Waals surface area contributed by atoms with E-state index in [2.05, 4.69) is 9.71 Å². The molecule has 0 amide bonds. The number of benzene rings is 1. The van der Waals surface area contributed by atoms with Gasteiger partial charge >= 0.3 is 0 Å². The van der Waals surface area contributed by atoms with Gasteiger partial charge in [0.2, 0.25) is 0 Å². The Bertz CT molecular complexity index is 686. The quantitative estimate of drug-likeness (QED) is 0.883. The number of sulfonamides is 1. The number of nitrogens with zero attached hydrogens (tertiary/aromatic N) is 1. The van der Waals surface area contributed by atoms with Crippen LogP contribution in [0, 0.1) is 0 Å². The molecule has 100 valence electrons. The van der Waals surface area contributed by atoms with Gasteiger partial charge in [-0.1, -0.05) is 12.1 Å². The lowest BCUT2D eigenvalue weighted by Crippen LogP contribution is -2.16. The van der Waals surface area contributed by atoms with Gasteiger partial charge < -0.3 is 10.5 Å². The number of nitrogens with one attached hydrogen (secondary N) is 1. The molecule has 2 aromatic rings. The molecule has 0 radical (unpaired) electrons. The van der Waals surface area contributed by atoms with Crippen LogP contribution in [-0.2, 0) is 10.0 Å². The number of para-hydroxylation sites is 2. The van der Waals surface area contributed by atoms with Crippen LogP contribution < -0.4 is 15.2 Å². The molecular weight excluding hydrogens is 266 g/mol. The van der Waals surface area contributed by atoms with Gasteiger partial charge in [0.1, 0.15) is 5.75 Å². The zero-order chi connectivity index (χ0) is 13.9. The summed E-state index contributed by atoms with van der Waals surface area (Å²) in [6.45, 7) is 0. The highest BCUT2D eigenvalue weighted by atomic mass is 32.2. The van der Waals surface area contributed by atoms with Crippen molar-refractivity contribution in [2.75, 3.05) is 17.6 Å². The van der Waals surface area contributed by atoms with Crippen LogP contribution in [0.25, 0.3) is 0 Å². The second-order valence-corrected chi connectivity index (χ2v) is 5.30. The monoisotopic (exact) mass is 279 g/mol. The summed E-state index contributed by atoms with van der Waals surface area (Å²) in [4.78, 5) is 3.79. The molecule has 0 spiro atoms. The van der Waals surface area contributed by atoms with E-state index in [1.807, 2.05) is 0 Å². The van der Waals surface area contributed by atoms with Crippen molar-refractivity contribution in [1.82, 2.24) is 4.98 Å². The van der Waals surface area contributed by atoms with E-state index in [1.165, 1.54) is 19.4 Å². The Morgan fingerprint density at radius 2 is 1.95 bits per heavy atom. The fourth-order valence-electron chi connectivity index (χ4n) is 1.55. The van der Waals surface area contributed by atoms with Crippen LogP contribution in [0.1, 0.15) is 0 Å². The molecule has 6 nitrogen and oxygen atoms in total. The van der Waals surface area contributed by atoms with Crippen LogP contribution in [0.4, 0.5) is 11.4 Å². The lowest BCUT2D eigenvalue weighted by Gasteiger charge is -2.11. The predicted octanol–water partition coefficient (Wildman–Crippen LogP) is 1.47. The van der Waals surface area contributed by atoms with Gasteiger partial charge in [-0.25, -0.2) is 4.98 Å². The summed E-state index contributed by atoms with van der Waals surface area (Å²) in [7, 11) is -2.38. The van der Waals surface area contributed by atoms with Crippen molar-refractivity contribution in [3.05, 3.63) is 42.6 Å². The molecule has 0 aliphatic rings. The number of hydrogen-bond acceptors (Lipinski definition) is 5. The molecule has 2 rings (SSSR count). The first-order valence-electron chi connectivity index (χ1n) is 5.41. The van der Waals surface area contributed by atoms with E-state index in [1.54, 1.807) is 30.3 Å². The number of anilines is 2. The molecule has 1 aromatic heterocycles. The molecule has 3 N–H and O–H groups in total. The van der Waals surface area contributed by atoms with Gasteiger partial charge in [0, 0.05) is 6.20 Å². The number of rotatable bonds is 4. The van der Waals surface area contributed by atoms with Gasteiger partial charge in [-0.15, -0.1) is 0 Å². The molecule has 0 saturated heterocycles. The van der Waals surface area contributed by atoms with E-state index in [-0.39, 0.29) is 10.7 Å². The Morgan fingerprint density at radius 1 is 1.21 bits per heavy atom. The molecule has 0 aliphatic heterocycles. The first kappa shape index (κ1) is 13.2. The summed E-state index contributed by atoms with van der Waals surface area (Å²) >= 11 is 0. The molecule has 0 bridgehead atoms. The maximum atomic E-state index is 12.2. The van der Waals surface area contributed by atoms with Gasteiger partial charge in [-0.2, -0.15) is 8.42 Å². The second kappa shape index (κ2) is 5.15. The number of nitrogens with two attached hydrogens (primary N) is 1. The highest BCUT2D eigenvalue weighted by Crippen LogP contribution is 2.26. The molecular formula is C12H13N3O3S. The second-order valence-electron chi connectivity index (χ2n) is 3.70. The van der Waals surface area contributed by atoms with Crippen LogP contribution in [-0.4, -0.2) is 20.5 Å². The van der Waals surface area contributed by atoms with Gasteiger partial charge in [-0.3, -0.25) is 4.72 Å². The summed E-state index contributed by atoms with van der Waals surface area (Å²) in [6.07, 6.45) is 1.37. The first-order chi connectivity index (χ1) is 9.04. The normalized spacial score (nSPS) is 11.0. The third-order valence-electron chi connectivity index (χ3n) is 2.41. The molecule has 0 unspecified atom stereocenters. The van der Waals surface area contributed by atoms with Crippen LogP contribution in [0.3, 0.4) is 0 Å². The summed E-state index contributed by atoms with van der Waals surface area (Å²) < 4.78 is 31.8. The third-order valence-corrected chi connectivity index (χ3v) is 3.75. The molecule has 0 fully saturated rings. The summed E-state index contributed by atoms with van der Waals surface area (Å²) in [5.74, 6) is 0.417. The van der Waals surface area contributed by atoms with E-state index >= 15 is 0 Å². The summed E-state index contributed by atoms with van der Waals surface area (Å²) in [6, 6.07) is 9.73. The molecule has 1 aromatic carbocycles. The van der Waals surface area contributed by atoms with Gasteiger partial charge in [0.25, 0.3) is 10.0 Å². The Kier molecular flexibility index (Phi) is 3.57. The number of nitrogen functional groups attached to an aromatic ring is 1. The first-order valence-corrected chi connectivity index (χ1v) is 6.89. The predicted molar refractivity (Wildman–Crippen MR) is 72.5 cm³/mol. The van der Waals surface area contributed by atoms with Crippen molar-refractivity contribution in [3.63, 3.8) is 0 Å². The van der Waals surface area contributed by atoms with E-state index in [0.717, 1.165) is 0 Å². The minimum atomic E-state index is -3.84. The van der Waals surface area contributed by atoms with Gasteiger partial charge in [0.05, 0.1) is 18.5 Å². The van der Waals surface area contributed by atoms with Gasteiger partial charge in [0.15, 0.2) is 5.03 Å². The van der Waals surface area contributed by atoms with Crippen molar-refractivity contribution in [3.8, 4) is 5.75 Å².